The molecule has 2 aliphatic heterocycles. The third-order valence-corrected chi connectivity index (χ3v) is 4.27. The van der Waals surface area contributed by atoms with Crippen LogP contribution in [0.1, 0.15) is 46.0 Å². The lowest BCUT2D eigenvalue weighted by atomic mass is 9.77. The van der Waals surface area contributed by atoms with Crippen LogP contribution in [0.15, 0.2) is 0 Å². The number of rotatable bonds is 4. The second-order valence-electron chi connectivity index (χ2n) is 6.24. The van der Waals surface area contributed by atoms with Gasteiger partial charge >= 0.3 is 0 Å². The lowest BCUT2D eigenvalue weighted by Gasteiger charge is -2.39. The zero-order chi connectivity index (χ0) is 13.0. The third-order valence-electron chi connectivity index (χ3n) is 4.27. The van der Waals surface area contributed by atoms with E-state index in [1.165, 1.54) is 12.8 Å². The molecule has 19 heavy (non-hydrogen) atoms. The molecule has 112 valence electrons. The molecule has 2 aliphatic rings. The van der Waals surface area contributed by atoms with E-state index in [0.29, 0.717) is 12.5 Å². The average molecular weight is 291 g/mol. The van der Waals surface area contributed by atoms with Gasteiger partial charge in [0, 0.05) is 19.2 Å². The predicted molar refractivity (Wildman–Crippen MR) is 78.7 cm³/mol. The van der Waals surface area contributed by atoms with Gasteiger partial charge in [-0.1, -0.05) is 13.8 Å². The Kier molecular flexibility index (Phi) is 6.57. The van der Waals surface area contributed by atoms with Gasteiger partial charge in [0.1, 0.15) is 0 Å². The van der Waals surface area contributed by atoms with Crippen molar-refractivity contribution in [2.75, 3.05) is 19.7 Å². The lowest BCUT2D eigenvalue weighted by Crippen LogP contribution is -2.53. The quantitative estimate of drug-likeness (QED) is 0.831. The van der Waals surface area contributed by atoms with E-state index in [2.05, 4.69) is 24.5 Å². The molecule has 2 unspecified atom stereocenters. The van der Waals surface area contributed by atoms with Crippen LogP contribution in [0, 0.1) is 5.41 Å². The van der Waals surface area contributed by atoms with Crippen molar-refractivity contribution in [3.8, 4) is 0 Å². The van der Waals surface area contributed by atoms with Gasteiger partial charge in [-0.15, -0.1) is 12.4 Å². The number of hydrogen-bond acceptors (Lipinski definition) is 3. The van der Waals surface area contributed by atoms with E-state index in [9.17, 15) is 4.79 Å². The summed E-state index contributed by atoms with van der Waals surface area (Å²) in [5.41, 5.74) is 0.273. The summed E-state index contributed by atoms with van der Waals surface area (Å²) in [5.74, 6) is 0.130. The van der Waals surface area contributed by atoms with Gasteiger partial charge in [0.05, 0.1) is 12.5 Å². The fourth-order valence-corrected chi connectivity index (χ4v) is 2.92. The molecule has 0 saturated carbocycles. The largest absolute Gasteiger partial charge is 0.378 e. The smallest absolute Gasteiger partial charge is 0.222 e. The molecule has 2 N–H and O–H groups in total. The van der Waals surface area contributed by atoms with E-state index in [-0.39, 0.29) is 29.8 Å². The van der Waals surface area contributed by atoms with Crippen LogP contribution in [-0.2, 0) is 9.53 Å². The molecule has 4 nitrogen and oxygen atoms in total. The van der Waals surface area contributed by atoms with Gasteiger partial charge in [-0.3, -0.25) is 4.79 Å². The van der Waals surface area contributed by atoms with Crippen molar-refractivity contribution in [3.05, 3.63) is 0 Å². The highest BCUT2D eigenvalue weighted by Gasteiger charge is 2.32. The molecule has 0 aromatic rings. The predicted octanol–water partition coefficient (Wildman–Crippen LogP) is 1.87. The Balaban J connectivity index is 0.00000180. The molecule has 5 heteroatoms. The second-order valence-corrected chi connectivity index (χ2v) is 6.24. The molecule has 0 spiro atoms. The molecular weight excluding hydrogens is 264 g/mol. The lowest BCUT2D eigenvalue weighted by molar-refractivity contribution is -0.123. The van der Waals surface area contributed by atoms with Crippen LogP contribution in [0.25, 0.3) is 0 Å². The molecule has 2 rings (SSSR count). The highest BCUT2D eigenvalue weighted by atomic mass is 35.5. The Bertz CT molecular complexity index is 291. The van der Waals surface area contributed by atoms with Gasteiger partial charge < -0.3 is 15.4 Å². The monoisotopic (exact) mass is 290 g/mol. The molecule has 0 bridgehead atoms. The maximum absolute atomic E-state index is 11.8. The summed E-state index contributed by atoms with van der Waals surface area (Å²) in [6.07, 6.45) is 5.25. The van der Waals surface area contributed by atoms with E-state index in [1.54, 1.807) is 0 Å². The highest BCUT2D eigenvalue weighted by molar-refractivity contribution is 5.85. The first-order chi connectivity index (χ1) is 8.58. The van der Waals surface area contributed by atoms with Crippen molar-refractivity contribution >= 4 is 18.3 Å². The summed E-state index contributed by atoms with van der Waals surface area (Å²) in [6, 6.07) is 0.389. The number of carbonyl (C=O) groups excluding carboxylic acids is 1. The third kappa shape index (κ3) is 4.93. The fraction of sp³-hybridized carbons (Fsp3) is 0.929. The van der Waals surface area contributed by atoms with Gasteiger partial charge in [-0.25, -0.2) is 0 Å². The van der Waals surface area contributed by atoms with Crippen LogP contribution in [0.3, 0.4) is 0 Å². The first-order valence-electron chi connectivity index (χ1n) is 7.19. The van der Waals surface area contributed by atoms with Crippen molar-refractivity contribution in [1.29, 1.82) is 0 Å². The van der Waals surface area contributed by atoms with Crippen molar-refractivity contribution in [2.45, 2.75) is 58.1 Å². The number of ether oxygens (including phenoxy) is 1. The molecule has 2 atom stereocenters. The van der Waals surface area contributed by atoms with Crippen LogP contribution in [0.4, 0.5) is 0 Å². The fourth-order valence-electron chi connectivity index (χ4n) is 2.92. The molecule has 2 fully saturated rings. The molecule has 0 aromatic carbocycles. The summed E-state index contributed by atoms with van der Waals surface area (Å²) in [7, 11) is 0. The van der Waals surface area contributed by atoms with E-state index in [4.69, 9.17) is 4.74 Å². The molecule has 0 radical (unpaired) electrons. The van der Waals surface area contributed by atoms with Gasteiger partial charge in [-0.2, -0.15) is 0 Å². The van der Waals surface area contributed by atoms with Crippen LogP contribution in [0.2, 0.25) is 0 Å². The minimum Gasteiger partial charge on any atom is -0.378 e. The van der Waals surface area contributed by atoms with Crippen LogP contribution in [-0.4, -0.2) is 37.7 Å². The second kappa shape index (κ2) is 7.46. The molecule has 1 amide bonds. The molecule has 2 heterocycles. The van der Waals surface area contributed by atoms with Crippen molar-refractivity contribution in [3.63, 3.8) is 0 Å². The van der Waals surface area contributed by atoms with Crippen LogP contribution >= 0.6 is 12.4 Å². The van der Waals surface area contributed by atoms with Crippen molar-refractivity contribution in [2.24, 2.45) is 5.41 Å². The number of hydrogen-bond donors (Lipinski definition) is 2. The maximum atomic E-state index is 11.8. The van der Waals surface area contributed by atoms with E-state index >= 15 is 0 Å². The summed E-state index contributed by atoms with van der Waals surface area (Å²) in [4.78, 5) is 11.8. The molecule has 2 saturated heterocycles. The van der Waals surface area contributed by atoms with Gasteiger partial charge in [0.2, 0.25) is 5.91 Å². The zero-order valence-corrected chi connectivity index (χ0v) is 12.9. The number of amides is 1. The Morgan fingerprint density at radius 3 is 2.84 bits per heavy atom. The normalized spacial score (nSPS) is 29.6. The van der Waals surface area contributed by atoms with Gasteiger partial charge in [0.15, 0.2) is 0 Å². The van der Waals surface area contributed by atoms with Crippen molar-refractivity contribution < 1.29 is 9.53 Å². The number of halogens is 1. The molecular formula is C14H27ClN2O2. The Hall–Kier alpha value is -0.320. The summed E-state index contributed by atoms with van der Waals surface area (Å²) < 4.78 is 5.48. The minimum atomic E-state index is 0. The van der Waals surface area contributed by atoms with E-state index < -0.39 is 0 Å². The Morgan fingerprint density at radius 1 is 1.42 bits per heavy atom. The first-order valence-corrected chi connectivity index (χ1v) is 7.19. The highest BCUT2D eigenvalue weighted by Crippen LogP contribution is 2.29. The van der Waals surface area contributed by atoms with Crippen molar-refractivity contribution in [1.82, 2.24) is 10.6 Å². The van der Waals surface area contributed by atoms with E-state index in [0.717, 1.165) is 32.5 Å². The molecule has 0 aromatic heterocycles. The number of nitrogens with one attached hydrogen (secondary N) is 2. The summed E-state index contributed by atoms with van der Waals surface area (Å²) in [6.45, 7) is 7.16. The standard InChI is InChI=1S/C14H26N2O2.ClH/c1-14(2)6-4-7-15-12(14)10-16-13(17)9-11-5-3-8-18-11;/h11-12,15H,3-10H2,1-2H3,(H,16,17);1H. The number of carbonyl (C=O) groups is 1. The Morgan fingerprint density at radius 2 is 2.21 bits per heavy atom. The first kappa shape index (κ1) is 16.7. The summed E-state index contributed by atoms with van der Waals surface area (Å²) >= 11 is 0. The minimum absolute atomic E-state index is 0. The van der Waals surface area contributed by atoms with E-state index in [1.807, 2.05) is 0 Å². The SMILES string of the molecule is CC1(C)CCCNC1CNC(=O)CC1CCCO1.Cl. The average Bonchev–Trinajstić information content (AvgIpc) is 2.80. The van der Waals surface area contributed by atoms with Crippen LogP contribution < -0.4 is 10.6 Å². The summed E-state index contributed by atoms with van der Waals surface area (Å²) in [5, 5.41) is 6.57. The Labute approximate surface area is 122 Å². The number of piperidine rings is 1. The van der Waals surface area contributed by atoms with Gasteiger partial charge in [-0.05, 0) is 37.6 Å². The topological polar surface area (TPSA) is 50.4 Å². The van der Waals surface area contributed by atoms with Gasteiger partial charge in [0.25, 0.3) is 0 Å². The maximum Gasteiger partial charge on any atom is 0.222 e. The van der Waals surface area contributed by atoms with Crippen LogP contribution in [0.5, 0.6) is 0 Å². The zero-order valence-electron chi connectivity index (χ0n) is 12.0. The molecule has 0 aliphatic carbocycles.